The zero-order chi connectivity index (χ0) is 22.2. The second-order valence-corrected chi connectivity index (χ2v) is 7.28. The van der Waals surface area contributed by atoms with Gasteiger partial charge in [-0.25, -0.2) is 4.98 Å². The van der Waals surface area contributed by atoms with Crippen LogP contribution < -0.4 is 5.56 Å². The summed E-state index contributed by atoms with van der Waals surface area (Å²) in [5, 5.41) is 3.51. The number of aromatic amines is 1. The van der Waals surface area contributed by atoms with Crippen LogP contribution in [-0.2, 0) is 30.4 Å². The number of carbonyl (C=O) groups is 1. The summed E-state index contributed by atoms with van der Waals surface area (Å²) in [4.78, 5) is 38.1. The third-order valence-electron chi connectivity index (χ3n) is 5.21. The molecule has 4 rings (SSSR count). The minimum atomic E-state index is -4.57. The third kappa shape index (κ3) is 4.35. The van der Waals surface area contributed by atoms with Gasteiger partial charge in [-0.1, -0.05) is 0 Å². The molecule has 0 radical (unpaired) electrons. The Balaban J connectivity index is 1.51. The van der Waals surface area contributed by atoms with E-state index >= 15 is 0 Å². The Bertz CT molecular complexity index is 1170. The van der Waals surface area contributed by atoms with Crippen LogP contribution in [0.15, 0.2) is 35.4 Å². The molecule has 1 amide bonds. The first-order valence-corrected chi connectivity index (χ1v) is 9.64. The number of nitrogens with zero attached hydrogens (tertiary/aromatic N) is 5. The van der Waals surface area contributed by atoms with E-state index in [2.05, 4.69) is 20.1 Å². The van der Waals surface area contributed by atoms with E-state index in [4.69, 9.17) is 0 Å². The molecule has 1 aliphatic rings. The topological polar surface area (TPSA) is 96.8 Å². The lowest BCUT2D eigenvalue weighted by Gasteiger charge is -2.20. The van der Waals surface area contributed by atoms with Crippen LogP contribution in [0.3, 0.4) is 0 Å². The van der Waals surface area contributed by atoms with Crippen molar-refractivity contribution in [1.29, 1.82) is 0 Å². The number of alkyl halides is 3. The summed E-state index contributed by atoms with van der Waals surface area (Å²) in [7, 11) is 0. The minimum absolute atomic E-state index is 0.249. The summed E-state index contributed by atoms with van der Waals surface area (Å²) in [6, 6.07) is 4.38. The molecule has 0 saturated carbocycles. The lowest BCUT2D eigenvalue weighted by atomic mass is 10.1. The molecule has 0 spiro atoms. The molecule has 8 nitrogen and oxygen atoms in total. The first-order valence-electron chi connectivity index (χ1n) is 9.64. The summed E-state index contributed by atoms with van der Waals surface area (Å²) < 4.78 is 39.6. The van der Waals surface area contributed by atoms with Gasteiger partial charge in [-0.15, -0.1) is 0 Å². The normalized spacial score (nSPS) is 14.3. The summed E-state index contributed by atoms with van der Waals surface area (Å²) in [6.45, 7) is 1.75. The maximum absolute atomic E-state index is 12.9. The van der Waals surface area contributed by atoms with Gasteiger partial charge in [0.2, 0.25) is 5.91 Å². The van der Waals surface area contributed by atoms with E-state index in [9.17, 15) is 22.8 Å². The van der Waals surface area contributed by atoms with Gasteiger partial charge in [0.1, 0.15) is 12.4 Å². The predicted octanol–water partition coefficient (Wildman–Crippen LogP) is 1.98. The maximum atomic E-state index is 12.9. The van der Waals surface area contributed by atoms with Gasteiger partial charge >= 0.3 is 6.18 Å². The first-order chi connectivity index (χ1) is 14.7. The summed E-state index contributed by atoms with van der Waals surface area (Å²) in [5.74, 6) is 0.0660. The van der Waals surface area contributed by atoms with Crippen LogP contribution >= 0.6 is 0 Å². The SMILES string of the molecule is Cc1cc(C(F)(F)F)nn1CC(=O)N1CCc2nc(-c3ccncc3)[nH]c(=O)c2CC1. The molecule has 0 saturated heterocycles. The van der Waals surface area contributed by atoms with Crippen LogP contribution in [0.2, 0.25) is 0 Å². The molecule has 0 atom stereocenters. The highest BCUT2D eigenvalue weighted by atomic mass is 19.4. The Labute approximate surface area is 174 Å². The molecular formula is C20H19F3N6O2. The van der Waals surface area contributed by atoms with E-state index in [1.165, 1.54) is 11.8 Å². The van der Waals surface area contributed by atoms with Crippen molar-refractivity contribution in [1.82, 2.24) is 29.6 Å². The van der Waals surface area contributed by atoms with Crippen molar-refractivity contribution in [3.05, 3.63) is 63.6 Å². The molecule has 0 fully saturated rings. The number of fused-ring (bicyclic) bond motifs is 1. The number of halogens is 3. The molecule has 162 valence electrons. The average molecular weight is 432 g/mol. The molecule has 1 N–H and O–H groups in total. The number of nitrogens with one attached hydrogen (secondary N) is 1. The second-order valence-electron chi connectivity index (χ2n) is 7.28. The third-order valence-corrected chi connectivity index (χ3v) is 5.21. The fourth-order valence-electron chi connectivity index (χ4n) is 3.54. The molecule has 31 heavy (non-hydrogen) atoms. The van der Waals surface area contributed by atoms with Crippen LogP contribution in [-0.4, -0.2) is 48.6 Å². The zero-order valence-electron chi connectivity index (χ0n) is 16.6. The van der Waals surface area contributed by atoms with Gasteiger partial charge in [0.05, 0.1) is 5.69 Å². The molecule has 0 aliphatic carbocycles. The van der Waals surface area contributed by atoms with Crippen molar-refractivity contribution in [3.63, 3.8) is 0 Å². The Kier molecular flexibility index (Phi) is 5.34. The fraction of sp³-hybridized carbons (Fsp3) is 0.350. The number of amides is 1. The molecule has 1 aliphatic heterocycles. The number of rotatable bonds is 3. The highest BCUT2D eigenvalue weighted by Crippen LogP contribution is 2.28. The number of H-pyrrole nitrogens is 1. The average Bonchev–Trinajstić information content (AvgIpc) is 2.96. The van der Waals surface area contributed by atoms with Gasteiger partial charge in [-0.2, -0.15) is 18.3 Å². The number of pyridine rings is 1. The van der Waals surface area contributed by atoms with E-state index in [-0.39, 0.29) is 30.2 Å². The summed E-state index contributed by atoms with van der Waals surface area (Å²) >= 11 is 0. The van der Waals surface area contributed by atoms with Gasteiger partial charge in [0.25, 0.3) is 5.56 Å². The number of hydrogen-bond donors (Lipinski definition) is 1. The van der Waals surface area contributed by atoms with Crippen LogP contribution in [0.5, 0.6) is 0 Å². The van der Waals surface area contributed by atoms with Gasteiger partial charge < -0.3 is 9.88 Å². The van der Waals surface area contributed by atoms with Gasteiger partial charge in [-0.3, -0.25) is 19.3 Å². The largest absolute Gasteiger partial charge is 0.435 e. The quantitative estimate of drug-likeness (QED) is 0.683. The van der Waals surface area contributed by atoms with Crippen molar-refractivity contribution in [2.45, 2.75) is 32.5 Å². The van der Waals surface area contributed by atoms with Crippen LogP contribution in [0.1, 0.15) is 22.6 Å². The van der Waals surface area contributed by atoms with Crippen molar-refractivity contribution in [3.8, 4) is 11.4 Å². The fourth-order valence-corrected chi connectivity index (χ4v) is 3.54. The number of aromatic nitrogens is 5. The minimum Gasteiger partial charge on any atom is -0.340 e. The van der Waals surface area contributed by atoms with Gasteiger partial charge in [0.15, 0.2) is 5.69 Å². The van der Waals surface area contributed by atoms with Crippen LogP contribution in [0.25, 0.3) is 11.4 Å². The predicted molar refractivity (Wildman–Crippen MR) is 104 cm³/mol. The molecular weight excluding hydrogens is 413 g/mol. The Hall–Kier alpha value is -3.50. The highest BCUT2D eigenvalue weighted by Gasteiger charge is 2.34. The van der Waals surface area contributed by atoms with E-state index in [0.29, 0.717) is 36.5 Å². The van der Waals surface area contributed by atoms with E-state index in [1.54, 1.807) is 24.5 Å². The van der Waals surface area contributed by atoms with Crippen molar-refractivity contribution >= 4 is 5.91 Å². The summed E-state index contributed by atoms with van der Waals surface area (Å²) in [6.07, 6.45) is -0.685. The first kappa shape index (κ1) is 20.8. The number of carbonyl (C=O) groups excluding carboxylic acids is 1. The summed E-state index contributed by atoms with van der Waals surface area (Å²) in [5.41, 5.74) is 0.813. The number of hydrogen-bond acceptors (Lipinski definition) is 5. The number of aryl methyl sites for hydroxylation is 1. The standard InChI is InChI=1S/C20H19F3N6O2/c1-12-10-16(20(21,22)23)27-29(12)11-17(30)28-8-4-14-15(5-9-28)25-18(26-19(14)31)13-2-6-24-7-3-13/h2-3,6-7,10H,4-5,8-9,11H2,1H3,(H,25,26,31). The molecule has 0 aromatic carbocycles. The van der Waals surface area contributed by atoms with Gasteiger partial charge in [-0.05, 0) is 31.5 Å². The van der Waals surface area contributed by atoms with E-state index in [0.717, 1.165) is 16.3 Å². The smallest absolute Gasteiger partial charge is 0.340 e. The molecule has 3 aromatic heterocycles. The molecule has 0 bridgehead atoms. The zero-order valence-corrected chi connectivity index (χ0v) is 16.6. The Morgan fingerprint density at radius 2 is 1.90 bits per heavy atom. The molecule has 4 heterocycles. The lowest BCUT2D eigenvalue weighted by molar-refractivity contribution is -0.142. The molecule has 3 aromatic rings. The lowest BCUT2D eigenvalue weighted by Crippen LogP contribution is -2.36. The maximum Gasteiger partial charge on any atom is 0.435 e. The molecule has 0 unspecified atom stereocenters. The van der Waals surface area contributed by atoms with Crippen LogP contribution in [0.4, 0.5) is 13.2 Å². The van der Waals surface area contributed by atoms with Crippen LogP contribution in [0, 0.1) is 6.92 Å². The monoisotopic (exact) mass is 432 g/mol. The Morgan fingerprint density at radius 3 is 2.58 bits per heavy atom. The van der Waals surface area contributed by atoms with E-state index < -0.39 is 11.9 Å². The van der Waals surface area contributed by atoms with Gasteiger partial charge in [0, 0.05) is 48.7 Å². The Morgan fingerprint density at radius 1 is 1.19 bits per heavy atom. The van der Waals surface area contributed by atoms with Crippen molar-refractivity contribution < 1.29 is 18.0 Å². The molecule has 11 heteroatoms. The highest BCUT2D eigenvalue weighted by molar-refractivity contribution is 5.76. The second kappa shape index (κ2) is 7.97. The van der Waals surface area contributed by atoms with Crippen molar-refractivity contribution in [2.24, 2.45) is 0 Å². The van der Waals surface area contributed by atoms with Crippen molar-refractivity contribution in [2.75, 3.05) is 13.1 Å². The van der Waals surface area contributed by atoms with E-state index in [1.807, 2.05) is 0 Å².